The summed E-state index contributed by atoms with van der Waals surface area (Å²) in [6.45, 7) is 10.9. The lowest BCUT2D eigenvalue weighted by Crippen LogP contribution is -2.41. The molecule has 1 rings (SSSR count). The molecule has 1 aromatic heterocycles. The van der Waals surface area contributed by atoms with E-state index >= 15 is 0 Å². The molecule has 0 spiro atoms. The van der Waals surface area contributed by atoms with Gasteiger partial charge >= 0.3 is 5.63 Å². The van der Waals surface area contributed by atoms with Gasteiger partial charge in [0.05, 0.1) is 10.6 Å². The number of hydrogen-bond acceptors (Lipinski definition) is 3. The average Bonchev–Trinajstić information content (AvgIpc) is 2.38. The lowest BCUT2D eigenvalue weighted by molar-refractivity contribution is 0.467. The van der Waals surface area contributed by atoms with Crippen LogP contribution in [0.15, 0.2) is 52.7 Å². The minimum absolute atomic E-state index is 0.265. The molecule has 0 saturated carbocycles. The molecule has 3 heteroatoms. The maximum atomic E-state index is 11.9. The zero-order chi connectivity index (χ0) is 14.3. The predicted octanol–water partition coefficient (Wildman–Crippen LogP) is 1.95. The van der Waals surface area contributed by atoms with E-state index in [9.17, 15) is 4.79 Å². The fourth-order valence-corrected chi connectivity index (χ4v) is 1.57. The first kappa shape index (κ1) is 14.6. The van der Waals surface area contributed by atoms with Gasteiger partial charge in [-0.15, -0.1) is 0 Å². The molecule has 0 aliphatic rings. The Morgan fingerprint density at radius 3 is 2.53 bits per heavy atom. The molecule has 0 amide bonds. The molecule has 19 heavy (non-hydrogen) atoms. The van der Waals surface area contributed by atoms with Crippen molar-refractivity contribution in [3.05, 3.63) is 70.4 Å². The van der Waals surface area contributed by atoms with Crippen LogP contribution in [0.1, 0.15) is 19.7 Å². The highest BCUT2D eigenvalue weighted by Gasteiger charge is 2.05. The van der Waals surface area contributed by atoms with Crippen LogP contribution >= 0.6 is 0 Å². The summed E-state index contributed by atoms with van der Waals surface area (Å²) in [5, 5.41) is 0.977. The Balaban J connectivity index is 3.70. The summed E-state index contributed by atoms with van der Waals surface area (Å²) in [7, 11) is 0. The molecule has 0 aliphatic carbocycles. The number of allylic oxidation sites excluding steroid dienone is 6. The highest BCUT2D eigenvalue weighted by Crippen LogP contribution is 2.10. The van der Waals surface area contributed by atoms with Gasteiger partial charge in [-0.1, -0.05) is 49.6 Å². The second-order valence-corrected chi connectivity index (χ2v) is 3.65. The molecule has 0 unspecified atom stereocenters. The molecular weight excluding hydrogens is 238 g/mol. The van der Waals surface area contributed by atoms with Crippen LogP contribution < -0.4 is 16.2 Å². The molecule has 0 bridgehead atoms. The second-order valence-electron chi connectivity index (χ2n) is 3.65. The van der Waals surface area contributed by atoms with E-state index in [1.807, 2.05) is 13.0 Å². The van der Waals surface area contributed by atoms with Crippen molar-refractivity contribution in [3.8, 4) is 0 Å². The fraction of sp³-hybridized carbons (Fsp3) is 0.125. The van der Waals surface area contributed by atoms with Gasteiger partial charge in [-0.05, 0) is 19.9 Å². The van der Waals surface area contributed by atoms with Gasteiger partial charge < -0.3 is 4.42 Å². The Hall–Kier alpha value is -2.42. The Kier molecular flexibility index (Phi) is 5.48. The van der Waals surface area contributed by atoms with Crippen LogP contribution in [0.2, 0.25) is 0 Å². The van der Waals surface area contributed by atoms with Crippen molar-refractivity contribution in [3.63, 3.8) is 0 Å². The largest absolute Gasteiger partial charge is 0.403 e. The summed E-state index contributed by atoms with van der Waals surface area (Å²) in [6, 6.07) is 0. The molecule has 0 saturated heterocycles. The highest BCUT2D eigenvalue weighted by molar-refractivity contribution is 5.69. The summed E-state index contributed by atoms with van der Waals surface area (Å²) in [5.41, 5.74) is 0.274. The van der Waals surface area contributed by atoms with Crippen LogP contribution in [-0.2, 0) is 0 Å². The zero-order valence-corrected chi connectivity index (χ0v) is 11.2. The standard InChI is InChI=1S/C16H17NO2/c1-5-9-12(10-6-2)15-17-14(11-7-3)13(8-4)16(18)19-15/h5-11H,1,3H2,2,4H3/b10-6-,12-9+,13-8+,14-11+. The molecule has 1 heterocycles. The summed E-state index contributed by atoms with van der Waals surface area (Å²) in [5.74, 6) is 0.265. The number of hydrogen-bond donors (Lipinski definition) is 0. The van der Waals surface area contributed by atoms with Crippen LogP contribution in [0.5, 0.6) is 0 Å². The van der Waals surface area contributed by atoms with E-state index in [1.54, 1.807) is 43.4 Å². The fourth-order valence-electron chi connectivity index (χ4n) is 1.57. The van der Waals surface area contributed by atoms with E-state index in [0.29, 0.717) is 16.1 Å². The van der Waals surface area contributed by atoms with Gasteiger partial charge in [0.1, 0.15) is 0 Å². The third kappa shape index (κ3) is 3.52. The quantitative estimate of drug-likeness (QED) is 0.772. The van der Waals surface area contributed by atoms with Crippen LogP contribution in [0, 0.1) is 0 Å². The van der Waals surface area contributed by atoms with Gasteiger partial charge in [0.25, 0.3) is 0 Å². The van der Waals surface area contributed by atoms with Gasteiger partial charge in [0.2, 0.25) is 5.89 Å². The van der Waals surface area contributed by atoms with E-state index in [1.165, 1.54) is 0 Å². The van der Waals surface area contributed by atoms with Gasteiger partial charge in [-0.25, -0.2) is 9.78 Å². The molecule has 0 aliphatic heterocycles. The zero-order valence-electron chi connectivity index (χ0n) is 11.2. The third-order valence-corrected chi connectivity index (χ3v) is 2.36. The van der Waals surface area contributed by atoms with Crippen LogP contribution in [0.4, 0.5) is 0 Å². The van der Waals surface area contributed by atoms with Crippen molar-refractivity contribution in [2.24, 2.45) is 0 Å². The molecule has 0 N–H and O–H groups in total. The van der Waals surface area contributed by atoms with Crippen molar-refractivity contribution in [1.82, 2.24) is 4.98 Å². The van der Waals surface area contributed by atoms with Crippen LogP contribution in [0.25, 0.3) is 17.7 Å². The van der Waals surface area contributed by atoms with Crippen molar-refractivity contribution < 1.29 is 4.42 Å². The summed E-state index contributed by atoms with van der Waals surface area (Å²) < 4.78 is 5.23. The molecule has 1 aromatic rings. The average molecular weight is 255 g/mol. The number of rotatable bonds is 4. The first-order valence-electron chi connectivity index (χ1n) is 5.94. The number of nitrogens with zero attached hydrogens (tertiary/aromatic N) is 1. The lowest BCUT2D eigenvalue weighted by atomic mass is 10.2. The van der Waals surface area contributed by atoms with Gasteiger partial charge in [0, 0.05) is 5.57 Å². The Morgan fingerprint density at radius 1 is 1.26 bits per heavy atom. The first-order valence-corrected chi connectivity index (χ1v) is 5.94. The van der Waals surface area contributed by atoms with E-state index in [0.717, 1.165) is 0 Å². The first-order chi connectivity index (χ1) is 9.17. The minimum atomic E-state index is -0.417. The smallest absolute Gasteiger partial charge is 0.346 e. The van der Waals surface area contributed by atoms with Gasteiger partial charge in [-0.2, -0.15) is 0 Å². The lowest BCUT2D eigenvalue weighted by Gasteiger charge is -1.99. The van der Waals surface area contributed by atoms with Crippen LogP contribution in [0.3, 0.4) is 0 Å². The van der Waals surface area contributed by atoms with E-state index < -0.39 is 5.63 Å². The molecule has 98 valence electrons. The summed E-state index contributed by atoms with van der Waals surface area (Å²) in [4.78, 5) is 16.2. The number of aromatic nitrogens is 1. The van der Waals surface area contributed by atoms with Gasteiger partial charge in [-0.3, -0.25) is 0 Å². The summed E-state index contributed by atoms with van der Waals surface area (Å²) in [6.07, 6.45) is 11.9. The van der Waals surface area contributed by atoms with Crippen molar-refractivity contribution in [2.75, 3.05) is 0 Å². The SMILES string of the molecule is C=C/C=C(\C=C/C)c1nc(=C/C=C)/c(=C\C)c(=O)o1. The summed E-state index contributed by atoms with van der Waals surface area (Å²) >= 11 is 0. The Morgan fingerprint density at radius 2 is 2.00 bits per heavy atom. The molecule has 0 radical (unpaired) electrons. The predicted molar refractivity (Wildman–Crippen MR) is 79.8 cm³/mol. The second kappa shape index (κ2) is 7.11. The monoisotopic (exact) mass is 255 g/mol. The van der Waals surface area contributed by atoms with Gasteiger partial charge in [0.15, 0.2) is 0 Å². The molecule has 3 nitrogen and oxygen atoms in total. The van der Waals surface area contributed by atoms with Crippen molar-refractivity contribution >= 4 is 17.7 Å². The Bertz CT molecular complexity index is 703. The Labute approximate surface area is 112 Å². The van der Waals surface area contributed by atoms with Crippen molar-refractivity contribution in [1.29, 1.82) is 0 Å². The highest BCUT2D eigenvalue weighted by atomic mass is 16.4. The maximum Gasteiger partial charge on any atom is 0.346 e. The molecular formula is C16H17NO2. The molecule has 0 fully saturated rings. The molecule has 0 aromatic carbocycles. The third-order valence-electron chi connectivity index (χ3n) is 2.36. The minimum Gasteiger partial charge on any atom is -0.403 e. The topological polar surface area (TPSA) is 43.1 Å². The van der Waals surface area contributed by atoms with Crippen LogP contribution in [-0.4, -0.2) is 4.98 Å². The van der Waals surface area contributed by atoms with E-state index in [2.05, 4.69) is 18.1 Å². The van der Waals surface area contributed by atoms with Crippen molar-refractivity contribution in [2.45, 2.75) is 13.8 Å². The van der Waals surface area contributed by atoms with E-state index in [4.69, 9.17) is 4.42 Å². The van der Waals surface area contributed by atoms with E-state index in [-0.39, 0.29) is 5.89 Å². The molecule has 0 atom stereocenters. The maximum absolute atomic E-state index is 11.9. The normalized spacial score (nSPS) is 14.1.